The fourth-order valence-corrected chi connectivity index (χ4v) is 4.48. The molecule has 2 aromatic carbocycles. The van der Waals surface area contributed by atoms with Crippen LogP contribution in [0, 0.1) is 5.82 Å². The van der Waals surface area contributed by atoms with E-state index in [0.717, 1.165) is 53.4 Å². The summed E-state index contributed by atoms with van der Waals surface area (Å²) in [5.41, 5.74) is 2.00. The van der Waals surface area contributed by atoms with Crippen LogP contribution in [-0.2, 0) is 13.1 Å². The number of rotatable bonds is 4. The number of nitrogens with zero attached hydrogens (tertiary/aromatic N) is 2. The average Bonchev–Trinajstić information content (AvgIpc) is 3.04. The van der Waals surface area contributed by atoms with Gasteiger partial charge in [-0.15, -0.1) is 0 Å². The van der Waals surface area contributed by atoms with Crippen molar-refractivity contribution in [1.82, 2.24) is 9.47 Å². The third kappa shape index (κ3) is 3.46. The van der Waals surface area contributed by atoms with Crippen LogP contribution >= 0.6 is 15.9 Å². The second-order valence-electron chi connectivity index (χ2n) is 6.87. The molecule has 1 aliphatic heterocycles. The summed E-state index contributed by atoms with van der Waals surface area (Å²) in [6.07, 6.45) is 4.96. The van der Waals surface area contributed by atoms with Crippen molar-refractivity contribution in [3.8, 4) is 0 Å². The van der Waals surface area contributed by atoms with Crippen molar-refractivity contribution in [3.05, 3.63) is 80.8 Å². The SMILES string of the molecule is O=c1ccn(CN2CCCC2Cc2cccc(F)c2)c2c(Br)cccc12. The van der Waals surface area contributed by atoms with Gasteiger partial charge in [0.1, 0.15) is 5.82 Å². The van der Waals surface area contributed by atoms with Gasteiger partial charge in [0, 0.05) is 34.7 Å². The van der Waals surface area contributed by atoms with E-state index in [1.54, 1.807) is 18.2 Å². The topological polar surface area (TPSA) is 25.2 Å². The number of aromatic nitrogens is 1. The highest BCUT2D eigenvalue weighted by Crippen LogP contribution is 2.25. The molecule has 0 saturated carbocycles. The highest BCUT2D eigenvalue weighted by Gasteiger charge is 2.25. The number of likely N-dealkylation sites (tertiary alicyclic amines) is 1. The smallest absolute Gasteiger partial charge is 0.189 e. The Kier molecular flexibility index (Phi) is 4.92. The molecule has 2 heterocycles. The number of hydrogen-bond donors (Lipinski definition) is 0. The Hall–Kier alpha value is -1.98. The first-order valence-electron chi connectivity index (χ1n) is 8.88. The van der Waals surface area contributed by atoms with Crippen LogP contribution in [0.15, 0.2) is 64.0 Å². The minimum atomic E-state index is -0.178. The van der Waals surface area contributed by atoms with E-state index >= 15 is 0 Å². The quantitative estimate of drug-likeness (QED) is 0.624. The summed E-state index contributed by atoms with van der Waals surface area (Å²) in [6, 6.07) is 14.6. The largest absolute Gasteiger partial charge is 0.333 e. The van der Waals surface area contributed by atoms with Crippen molar-refractivity contribution in [2.45, 2.75) is 32.0 Å². The van der Waals surface area contributed by atoms with Crippen molar-refractivity contribution in [3.63, 3.8) is 0 Å². The van der Waals surface area contributed by atoms with E-state index in [1.807, 2.05) is 30.5 Å². The molecular formula is C21H20BrFN2O. The molecule has 26 heavy (non-hydrogen) atoms. The highest BCUT2D eigenvalue weighted by molar-refractivity contribution is 9.10. The molecule has 0 bridgehead atoms. The van der Waals surface area contributed by atoms with E-state index in [1.165, 1.54) is 6.07 Å². The van der Waals surface area contributed by atoms with Gasteiger partial charge in [-0.2, -0.15) is 0 Å². The summed E-state index contributed by atoms with van der Waals surface area (Å²) in [5.74, 6) is -0.178. The molecule has 1 aromatic heterocycles. The second kappa shape index (κ2) is 7.33. The van der Waals surface area contributed by atoms with Crippen LogP contribution in [0.2, 0.25) is 0 Å². The van der Waals surface area contributed by atoms with Crippen LogP contribution in [0.1, 0.15) is 18.4 Å². The Morgan fingerprint density at radius 3 is 2.85 bits per heavy atom. The molecule has 0 N–H and O–H groups in total. The van der Waals surface area contributed by atoms with Gasteiger partial charge in [-0.05, 0) is 65.0 Å². The Balaban J connectivity index is 1.61. The predicted octanol–water partition coefficient (Wildman–Crippen LogP) is 4.57. The number of para-hydroxylation sites is 1. The van der Waals surface area contributed by atoms with Gasteiger partial charge in [0.25, 0.3) is 0 Å². The molecule has 3 nitrogen and oxygen atoms in total. The average molecular weight is 415 g/mol. The molecule has 0 radical (unpaired) electrons. The molecule has 1 fully saturated rings. The zero-order valence-electron chi connectivity index (χ0n) is 14.4. The number of pyridine rings is 1. The van der Waals surface area contributed by atoms with Crippen molar-refractivity contribution in [1.29, 1.82) is 0 Å². The van der Waals surface area contributed by atoms with E-state index in [2.05, 4.69) is 25.4 Å². The lowest BCUT2D eigenvalue weighted by Gasteiger charge is -2.26. The van der Waals surface area contributed by atoms with Gasteiger partial charge in [0.15, 0.2) is 5.43 Å². The van der Waals surface area contributed by atoms with E-state index in [9.17, 15) is 9.18 Å². The number of benzene rings is 2. The lowest BCUT2D eigenvalue weighted by Crippen LogP contribution is -2.33. The molecule has 3 aromatic rings. The summed E-state index contributed by atoms with van der Waals surface area (Å²) in [5, 5.41) is 0.725. The molecule has 1 atom stereocenters. The van der Waals surface area contributed by atoms with Gasteiger partial charge >= 0.3 is 0 Å². The molecule has 1 aliphatic rings. The maximum atomic E-state index is 13.5. The molecule has 0 aliphatic carbocycles. The van der Waals surface area contributed by atoms with Crippen LogP contribution in [-0.4, -0.2) is 22.1 Å². The first-order valence-corrected chi connectivity index (χ1v) is 9.67. The Bertz CT molecular complexity index is 1000. The normalized spacial score (nSPS) is 17.8. The maximum Gasteiger partial charge on any atom is 0.189 e. The monoisotopic (exact) mass is 414 g/mol. The molecule has 0 spiro atoms. The van der Waals surface area contributed by atoms with Crippen LogP contribution in [0.5, 0.6) is 0 Å². The molecule has 1 saturated heterocycles. The molecule has 0 amide bonds. The highest BCUT2D eigenvalue weighted by atomic mass is 79.9. The molecule has 5 heteroatoms. The first kappa shape index (κ1) is 17.4. The van der Waals surface area contributed by atoms with Gasteiger partial charge in [-0.3, -0.25) is 9.69 Å². The second-order valence-corrected chi connectivity index (χ2v) is 7.72. The molecule has 4 rings (SSSR count). The summed E-state index contributed by atoms with van der Waals surface area (Å²) in [4.78, 5) is 14.6. The third-order valence-corrected chi connectivity index (χ3v) is 5.78. The van der Waals surface area contributed by atoms with E-state index in [-0.39, 0.29) is 11.2 Å². The summed E-state index contributed by atoms with van der Waals surface area (Å²) < 4.78 is 16.5. The fourth-order valence-electron chi connectivity index (χ4n) is 3.89. The molecule has 1 unspecified atom stereocenters. The molecule has 134 valence electrons. The summed E-state index contributed by atoms with van der Waals surface area (Å²) >= 11 is 3.59. The Labute approximate surface area is 160 Å². The Morgan fingerprint density at radius 2 is 2.00 bits per heavy atom. The fraction of sp³-hybridized carbons (Fsp3) is 0.286. The standard InChI is InChI=1S/C21H20BrFN2O/c22-19-8-2-7-18-20(26)9-11-25(21(18)19)14-24-10-3-6-17(24)13-15-4-1-5-16(23)12-15/h1-2,4-5,7-9,11-12,17H,3,6,10,13-14H2. The van der Waals surface area contributed by atoms with Crippen molar-refractivity contribution >= 4 is 26.8 Å². The lowest BCUT2D eigenvalue weighted by molar-refractivity contribution is 0.202. The molecular weight excluding hydrogens is 395 g/mol. The van der Waals surface area contributed by atoms with Crippen LogP contribution in [0.3, 0.4) is 0 Å². The minimum Gasteiger partial charge on any atom is -0.333 e. The maximum absolute atomic E-state index is 13.5. The first-order chi connectivity index (χ1) is 12.6. The zero-order chi connectivity index (χ0) is 18.1. The van der Waals surface area contributed by atoms with Gasteiger partial charge in [0.05, 0.1) is 12.2 Å². The number of halogens is 2. The van der Waals surface area contributed by atoms with Crippen LogP contribution < -0.4 is 5.43 Å². The predicted molar refractivity (Wildman–Crippen MR) is 106 cm³/mol. The van der Waals surface area contributed by atoms with Gasteiger partial charge < -0.3 is 4.57 Å². The van der Waals surface area contributed by atoms with Gasteiger partial charge in [-0.25, -0.2) is 4.39 Å². The summed E-state index contributed by atoms with van der Waals surface area (Å²) in [6.45, 7) is 1.73. The number of hydrogen-bond acceptors (Lipinski definition) is 2. The van der Waals surface area contributed by atoms with Crippen LogP contribution in [0.25, 0.3) is 10.9 Å². The van der Waals surface area contributed by atoms with E-state index in [0.29, 0.717) is 6.04 Å². The minimum absolute atomic E-state index is 0.0373. The summed E-state index contributed by atoms with van der Waals surface area (Å²) in [7, 11) is 0. The Morgan fingerprint density at radius 1 is 1.15 bits per heavy atom. The third-order valence-electron chi connectivity index (χ3n) is 5.14. The lowest BCUT2D eigenvalue weighted by atomic mass is 10.0. The van der Waals surface area contributed by atoms with Crippen molar-refractivity contribution in [2.24, 2.45) is 0 Å². The number of fused-ring (bicyclic) bond motifs is 1. The van der Waals surface area contributed by atoms with E-state index < -0.39 is 0 Å². The zero-order valence-corrected chi connectivity index (χ0v) is 16.0. The van der Waals surface area contributed by atoms with Crippen molar-refractivity contribution in [2.75, 3.05) is 6.54 Å². The van der Waals surface area contributed by atoms with Crippen molar-refractivity contribution < 1.29 is 4.39 Å². The van der Waals surface area contributed by atoms with Crippen LogP contribution in [0.4, 0.5) is 4.39 Å². The van der Waals surface area contributed by atoms with E-state index in [4.69, 9.17) is 0 Å². The van der Waals surface area contributed by atoms with Gasteiger partial charge in [0.2, 0.25) is 0 Å². The van der Waals surface area contributed by atoms with Gasteiger partial charge in [-0.1, -0.05) is 18.2 Å².